The first-order chi connectivity index (χ1) is 9.13. The van der Waals surface area contributed by atoms with Crippen molar-refractivity contribution < 1.29 is 14.7 Å². The second kappa shape index (κ2) is 6.64. The van der Waals surface area contributed by atoms with Crippen LogP contribution in [0.25, 0.3) is 0 Å². The lowest BCUT2D eigenvalue weighted by molar-refractivity contribution is -0.156. The van der Waals surface area contributed by atoms with E-state index in [4.69, 9.17) is 5.11 Å². The van der Waals surface area contributed by atoms with Crippen molar-refractivity contribution in [3.05, 3.63) is 0 Å². The Labute approximate surface area is 118 Å². The maximum Gasteiger partial charge on any atom is 0.307 e. The first kappa shape index (κ1) is 14.7. The third kappa shape index (κ3) is 3.44. The number of carboxylic acids is 1. The topological polar surface area (TPSA) is 57.6 Å². The molecule has 0 bridgehead atoms. The second-order valence-corrected chi connectivity index (χ2v) is 7.06. The number of carbonyl (C=O) groups excluding carboxylic acids is 1. The lowest BCUT2D eigenvalue weighted by Crippen LogP contribution is -2.47. The zero-order valence-corrected chi connectivity index (χ0v) is 12.3. The van der Waals surface area contributed by atoms with Crippen molar-refractivity contribution in [1.82, 2.24) is 4.90 Å². The van der Waals surface area contributed by atoms with Crippen LogP contribution in [-0.4, -0.2) is 46.0 Å². The van der Waals surface area contributed by atoms with Crippen molar-refractivity contribution in [3.8, 4) is 0 Å². The molecule has 1 saturated carbocycles. The molecule has 2 aliphatic rings. The van der Waals surface area contributed by atoms with Crippen molar-refractivity contribution in [2.24, 2.45) is 11.8 Å². The van der Waals surface area contributed by atoms with E-state index in [1.807, 2.05) is 16.7 Å². The second-order valence-electron chi connectivity index (χ2n) is 5.49. The van der Waals surface area contributed by atoms with Crippen LogP contribution in [0.4, 0.5) is 0 Å². The van der Waals surface area contributed by atoms with E-state index in [0.717, 1.165) is 31.7 Å². The van der Waals surface area contributed by atoms with E-state index in [1.54, 1.807) is 0 Å². The van der Waals surface area contributed by atoms with Crippen LogP contribution in [0.5, 0.6) is 0 Å². The van der Waals surface area contributed by atoms with Gasteiger partial charge >= 0.3 is 5.97 Å². The Morgan fingerprint density at radius 1 is 1.21 bits per heavy atom. The number of carbonyl (C=O) groups is 2. The van der Waals surface area contributed by atoms with E-state index < -0.39 is 11.9 Å². The van der Waals surface area contributed by atoms with E-state index in [-0.39, 0.29) is 11.8 Å². The van der Waals surface area contributed by atoms with Gasteiger partial charge in [-0.15, -0.1) is 0 Å². The summed E-state index contributed by atoms with van der Waals surface area (Å²) in [5, 5.41) is 9.60. The maximum absolute atomic E-state index is 12.5. The summed E-state index contributed by atoms with van der Waals surface area (Å²) in [5.74, 6) is -0.342. The molecule has 0 spiro atoms. The average Bonchev–Trinajstić information content (AvgIpc) is 2.52. The fourth-order valence-electron chi connectivity index (χ4n) is 3.00. The minimum absolute atomic E-state index is 0.0854. The molecule has 1 N–H and O–H groups in total. The lowest BCUT2D eigenvalue weighted by Gasteiger charge is -2.36. The van der Waals surface area contributed by atoms with Gasteiger partial charge in [-0.1, -0.05) is 13.3 Å². The number of nitrogens with zero attached hydrogens (tertiary/aromatic N) is 1. The minimum Gasteiger partial charge on any atom is -0.481 e. The van der Waals surface area contributed by atoms with Crippen LogP contribution in [-0.2, 0) is 9.59 Å². The number of rotatable bonds is 4. The van der Waals surface area contributed by atoms with Gasteiger partial charge in [0.2, 0.25) is 5.91 Å². The van der Waals surface area contributed by atoms with Gasteiger partial charge in [-0.3, -0.25) is 9.59 Å². The Bertz CT molecular complexity index is 348. The normalized spacial score (nSPS) is 31.4. The van der Waals surface area contributed by atoms with Crippen molar-refractivity contribution >= 4 is 23.6 Å². The molecular formula is C14H23NO3S. The van der Waals surface area contributed by atoms with Gasteiger partial charge in [0.15, 0.2) is 0 Å². The molecule has 1 amide bonds. The third-order valence-corrected chi connectivity index (χ3v) is 5.44. The molecule has 3 unspecified atom stereocenters. The van der Waals surface area contributed by atoms with Crippen LogP contribution in [0.3, 0.4) is 0 Å². The summed E-state index contributed by atoms with van der Waals surface area (Å²) in [7, 11) is 0. The highest BCUT2D eigenvalue weighted by Crippen LogP contribution is 2.36. The standard InChI is InChI=1S/C14H23NO3S/c1-2-19-10-5-3-4-8-15(9-10)13(16)11-6-7-12(11)14(17)18/h10-12H,2-9H2,1H3,(H,17,18). The van der Waals surface area contributed by atoms with Gasteiger partial charge in [0, 0.05) is 18.3 Å². The minimum atomic E-state index is -0.807. The Hall–Kier alpha value is -0.710. The summed E-state index contributed by atoms with van der Waals surface area (Å²) in [6.45, 7) is 3.76. The van der Waals surface area contributed by atoms with Gasteiger partial charge in [0.05, 0.1) is 11.8 Å². The molecule has 0 aromatic carbocycles. The molecule has 5 heteroatoms. The summed E-state index contributed by atoms with van der Waals surface area (Å²) < 4.78 is 0. The number of carboxylic acid groups (broad SMARTS) is 1. The fourth-order valence-corrected chi connectivity index (χ4v) is 4.09. The molecule has 0 aromatic heterocycles. The van der Waals surface area contributed by atoms with Crippen LogP contribution in [0.1, 0.15) is 39.0 Å². The Morgan fingerprint density at radius 3 is 2.53 bits per heavy atom. The van der Waals surface area contributed by atoms with Gasteiger partial charge < -0.3 is 10.0 Å². The van der Waals surface area contributed by atoms with Crippen LogP contribution >= 0.6 is 11.8 Å². The van der Waals surface area contributed by atoms with Crippen LogP contribution < -0.4 is 0 Å². The molecule has 2 rings (SSSR count). The Balaban J connectivity index is 1.95. The molecule has 2 fully saturated rings. The highest BCUT2D eigenvalue weighted by Gasteiger charge is 2.43. The highest BCUT2D eigenvalue weighted by atomic mass is 32.2. The Morgan fingerprint density at radius 2 is 1.95 bits per heavy atom. The summed E-state index contributed by atoms with van der Waals surface area (Å²) in [6.07, 6.45) is 4.81. The lowest BCUT2D eigenvalue weighted by atomic mass is 9.73. The molecule has 19 heavy (non-hydrogen) atoms. The van der Waals surface area contributed by atoms with Crippen molar-refractivity contribution in [1.29, 1.82) is 0 Å². The molecule has 0 aromatic rings. The largest absolute Gasteiger partial charge is 0.481 e. The van der Waals surface area contributed by atoms with Gasteiger partial charge in [0.1, 0.15) is 0 Å². The molecule has 3 atom stereocenters. The van der Waals surface area contributed by atoms with Crippen LogP contribution in [0.2, 0.25) is 0 Å². The van der Waals surface area contributed by atoms with E-state index in [1.165, 1.54) is 12.8 Å². The highest BCUT2D eigenvalue weighted by molar-refractivity contribution is 7.99. The van der Waals surface area contributed by atoms with Crippen molar-refractivity contribution in [3.63, 3.8) is 0 Å². The van der Waals surface area contributed by atoms with Gasteiger partial charge in [0.25, 0.3) is 0 Å². The molecule has 1 aliphatic heterocycles. The molecule has 1 saturated heterocycles. The number of hydrogen-bond acceptors (Lipinski definition) is 3. The quantitative estimate of drug-likeness (QED) is 0.860. The van der Waals surface area contributed by atoms with Gasteiger partial charge in [-0.25, -0.2) is 0 Å². The average molecular weight is 285 g/mol. The summed E-state index contributed by atoms with van der Waals surface area (Å²) in [6, 6.07) is 0. The molecule has 1 heterocycles. The molecule has 4 nitrogen and oxygen atoms in total. The van der Waals surface area contributed by atoms with E-state index in [2.05, 4.69) is 6.92 Å². The Kier molecular flexibility index (Phi) is 5.13. The SMILES string of the molecule is CCSC1CCCCN(C(=O)C2CCC2C(=O)O)C1. The van der Waals surface area contributed by atoms with Crippen LogP contribution in [0, 0.1) is 11.8 Å². The number of thioether (sulfide) groups is 1. The zero-order chi connectivity index (χ0) is 13.8. The molecule has 0 radical (unpaired) electrons. The predicted molar refractivity (Wildman–Crippen MR) is 76.2 cm³/mol. The number of aliphatic carboxylic acids is 1. The summed E-state index contributed by atoms with van der Waals surface area (Å²) in [5.41, 5.74) is 0. The van der Waals surface area contributed by atoms with Crippen LogP contribution in [0.15, 0.2) is 0 Å². The monoisotopic (exact) mass is 285 g/mol. The van der Waals surface area contributed by atoms with Crippen molar-refractivity contribution in [2.75, 3.05) is 18.8 Å². The van der Waals surface area contributed by atoms with Crippen molar-refractivity contribution in [2.45, 2.75) is 44.3 Å². The third-order valence-electron chi connectivity index (χ3n) is 4.25. The smallest absolute Gasteiger partial charge is 0.307 e. The van der Waals surface area contributed by atoms with E-state index in [0.29, 0.717) is 11.7 Å². The summed E-state index contributed by atoms with van der Waals surface area (Å²) in [4.78, 5) is 25.4. The first-order valence-corrected chi connectivity index (χ1v) is 8.31. The fraction of sp³-hybridized carbons (Fsp3) is 0.857. The number of amides is 1. The predicted octanol–water partition coefficient (Wildman–Crippen LogP) is 2.23. The summed E-state index contributed by atoms with van der Waals surface area (Å²) >= 11 is 1.92. The van der Waals surface area contributed by atoms with Gasteiger partial charge in [-0.05, 0) is 31.4 Å². The van der Waals surface area contributed by atoms with E-state index in [9.17, 15) is 9.59 Å². The van der Waals surface area contributed by atoms with Gasteiger partial charge in [-0.2, -0.15) is 11.8 Å². The number of likely N-dealkylation sites (tertiary alicyclic amines) is 1. The number of hydrogen-bond donors (Lipinski definition) is 1. The maximum atomic E-state index is 12.5. The first-order valence-electron chi connectivity index (χ1n) is 7.26. The zero-order valence-electron chi connectivity index (χ0n) is 11.5. The molecule has 1 aliphatic carbocycles. The molecule has 108 valence electrons. The van der Waals surface area contributed by atoms with E-state index >= 15 is 0 Å². The molecular weight excluding hydrogens is 262 g/mol.